The van der Waals surface area contributed by atoms with Crippen molar-refractivity contribution >= 4 is 50.0 Å². The van der Waals surface area contributed by atoms with Gasteiger partial charge < -0.3 is 4.90 Å². The molecular weight excluding hydrogens is 377 g/mol. The molecule has 10 heteroatoms. The molecule has 0 N–H and O–H groups in total. The van der Waals surface area contributed by atoms with Gasteiger partial charge in [0, 0.05) is 10.9 Å². The second-order valence-corrected chi connectivity index (χ2v) is 9.16. The van der Waals surface area contributed by atoms with E-state index in [0.29, 0.717) is 10.9 Å². The molecule has 24 heavy (non-hydrogen) atoms. The predicted octanol–water partition coefficient (Wildman–Crippen LogP) is 1.99. The molecule has 0 radical (unpaired) electrons. The molecule has 2 aliphatic heterocycles. The van der Waals surface area contributed by atoms with Gasteiger partial charge in [0.25, 0.3) is 5.91 Å². The second kappa shape index (κ2) is 6.35. The zero-order valence-corrected chi connectivity index (χ0v) is 14.5. The van der Waals surface area contributed by atoms with Crippen LogP contribution in [0.1, 0.15) is 6.42 Å². The van der Waals surface area contributed by atoms with E-state index in [0.717, 1.165) is 0 Å². The van der Waals surface area contributed by atoms with E-state index < -0.39 is 27.6 Å². The topological polar surface area (TPSA) is 90.6 Å². The van der Waals surface area contributed by atoms with Crippen molar-refractivity contribution in [1.82, 2.24) is 0 Å². The Morgan fingerprint density at radius 1 is 1.50 bits per heavy atom. The smallest absolute Gasteiger partial charge is 0.262 e. The number of hydrogen-bond acceptors (Lipinski definition) is 5. The number of benzene rings is 1. The van der Waals surface area contributed by atoms with Gasteiger partial charge >= 0.3 is 0 Å². The van der Waals surface area contributed by atoms with Crippen LogP contribution in [0.25, 0.3) is 0 Å². The average molecular weight is 388 g/mol. The molecule has 0 bridgehead atoms. The second-order valence-electron chi connectivity index (χ2n) is 5.39. The Morgan fingerprint density at radius 3 is 2.92 bits per heavy atom. The van der Waals surface area contributed by atoms with Crippen LogP contribution >= 0.6 is 23.4 Å². The average Bonchev–Trinajstić information content (AvgIpc) is 2.93. The van der Waals surface area contributed by atoms with Crippen LogP contribution in [0.15, 0.2) is 23.2 Å². The maximum Gasteiger partial charge on any atom is 0.262 e. The van der Waals surface area contributed by atoms with Crippen molar-refractivity contribution in [2.24, 2.45) is 4.99 Å². The summed E-state index contributed by atoms with van der Waals surface area (Å²) in [5.41, 5.74) is 0.460. The molecule has 2 heterocycles. The molecule has 6 nitrogen and oxygen atoms in total. The molecule has 2 saturated heterocycles. The van der Waals surface area contributed by atoms with Gasteiger partial charge in [0.1, 0.15) is 12.2 Å². The maximum absolute atomic E-state index is 13.4. The number of nitriles is 1. The molecule has 1 aromatic rings. The SMILES string of the molecule is N#CCC(=O)N=C1S[C@H]2CS(=O)(=O)C[C@H]2N1c1ccc(F)c(Cl)c1. The summed E-state index contributed by atoms with van der Waals surface area (Å²) in [6, 6.07) is 5.32. The van der Waals surface area contributed by atoms with Crippen LogP contribution in [0.3, 0.4) is 0 Å². The third-order valence-corrected chi connectivity index (χ3v) is 7.20. The third-order valence-electron chi connectivity index (χ3n) is 3.70. The quantitative estimate of drug-likeness (QED) is 0.770. The number of aliphatic imine (C=N–C) groups is 1. The summed E-state index contributed by atoms with van der Waals surface area (Å²) in [4.78, 5) is 17.2. The Morgan fingerprint density at radius 2 is 2.25 bits per heavy atom. The molecule has 1 aromatic carbocycles. The van der Waals surface area contributed by atoms with Crippen LogP contribution in [-0.2, 0) is 14.6 Å². The van der Waals surface area contributed by atoms with E-state index in [-0.39, 0.29) is 28.2 Å². The van der Waals surface area contributed by atoms with Crippen LogP contribution in [0.4, 0.5) is 10.1 Å². The minimum Gasteiger partial charge on any atom is -0.316 e. The number of nitrogens with zero attached hydrogens (tertiary/aromatic N) is 3. The van der Waals surface area contributed by atoms with Gasteiger partial charge in [0.15, 0.2) is 15.0 Å². The van der Waals surface area contributed by atoms with Crippen LogP contribution in [0.2, 0.25) is 5.02 Å². The molecule has 3 rings (SSSR count). The fourth-order valence-electron chi connectivity index (χ4n) is 2.72. The van der Waals surface area contributed by atoms with Crippen molar-refractivity contribution in [2.75, 3.05) is 16.4 Å². The van der Waals surface area contributed by atoms with Crippen molar-refractivity contribution in [2.45, 2.75) is 17.7 Å². The van der Waals surface area contributed by atoms with Crippen molar-refractivity contribution in [3.63, 3.8) is 0 Å². The number of hydrogen-bond donors (Lipinski definition) is 0. The fraction of sp³-hybridized carbons (Fsp3) is 0.357. The minimum atomic E-state index is -3.19. The van der Waals surface area contributed by atoms with Gasteiger partial charge in [-0.15, -0.1) is 0 Å². The summed E-state index contributed by atoms with van der Waals surface area (Å²) in [5, 5.41) is 8.52. The number of anilines is 1. The molecule has 0 spiro atoms. The molecule has 0 unspecified atom stereocenters. The molecular formula is C14H11ClFN3O3S2. The number of amidine groups is 1. The van der Waals surface area contributed by atoms with Gasteiger partial charge in [0.05, 0.1) is 28.6 Å². The fourth-order valence-corrected chi connectivity index (χ4v) is 6.82. The monoisotopic (exact) mass is 387 g/mol. The van der Waals surface area contributed by atoms with E-state index in [1.807, 2.05) is 0 Å². The van der Waals surface area contributed by atoms with Crippen LogP contribution in [-0.4, -0.2) is 42.3 Å². The number of carbonyl (C=O) groups excluding carboxylic acids is 1. The molecule has 0 saturated carbocycles. The van der Waals surface area contributed by atoms with Gasteiger partial charge in [-0.2, -0.15) is 10.3 Å². The number of halogens is 2. The summed E-state index contributed by atoms with van der Waals surface area (Å²) in [6.07, 6.45) is -0.365. The first-order valence-electron chi connectivity index (χ1n) is 6.90. The predicted molar refractivity (Wildman–Crippen MR) is 90.4 cm³/mol. The van der Waals surface area contributed by atoms with E-state index in [1.54, 1.807) is 11.0 Å². The summed E-state index contributed by atoms with van der Waals surface area (Å²) in [5.74, 6) is -1.30. The Hall–Kier alpha value is -1.63. The Balaban J connectivity index is 2.03. The highest BCUT2D eigenvalue weighted by Gasteiger charge is 2.49. The lowest BCUT2D eigenvalue weighted by Gasteiger charge is -2.24. The molecule has 0 aliphatic carbocycles. The normalized spacial score (nSPS) is 26.4. The third kappa shape index (κ3) is 3.27. The summed E-state index contributed by atoms with van der Waals surface area (Å²) < 4.78 is 37.2. The lowest BCUT2D eigenvalue weighted by molar-refractivity contribution is -0.116. The van der Waals surface area contributed by atoms with Crippen LogP contribution < -0.4 is 4.90 Å². The number of amides is 1. The van der Waals surface area contributed by atoms with E-state index in [4.69, 9.17) is 16.9 Å². The highest BCUT2D eigenvalue weighted by Crippen LogP contribution is 2.41. The molecule has 2 aliphatic rings. The summed E-state index contributed by atoms with van der Waals surface area (Å²) in [7, 11) is -3.19. The zero-order valence-electron chi connectivity index (χ0n) is 12.1. The first-order valence-corrected chi connectivity index (χ1v) is 9.98. The number of thioether (sulfide) groups is 1. The van der Waals surface area contributed by atoms with Crippen molar-refractivity contribution in [1.29, 1.82) is 5.26 Å². The first kappa shape index (κ1) is 17.2. The number of carbonyl (C=O) groups is 1. The van der Waals surface area contributed by atoms with E-state index in [9.17, 15) is 17.6 Å². The van der Waals surface area contributed by atoms with Crippen LogP contribution in [0, 0.1) is 17.1 Å². The van der Waals surface area contributed by atoms with Gasteiger partial charge in [0.2, 0.25) is 0 Å². The number of fused-ring (bicyclic) bond motifs is 1. The van der Waals surface area contributed by atoms with Gasteiger partial charge in [-0.05, 0) is 18.2 Å². The molecule has 0 aromatic heterocycles. The zero-order chi connectivity index (χ0) is 17.5. The first-order chi connectivity index (χ1) is 11.3. The van der Waals surface area contributed by atoms with Crippen LogP contribution in [0.5, 0.6) is 0 Å². The lowest BCUT2D eigenvalue weighted by Crippen LogP contribution is -2.37. The molecule has 126 valence electrons. The Labute approximate surface area is 147 Å². The van der Waals surface area contributed by atoms with Gasteiger partial charge in [-0.1, -0.05) is 23.4 Å². The summed E-state index contributed by atoms with van der Waals surface area (Å²) in [6.45, 7) is 0. The van der Waals surface area contributed by atoms with E-state index in [1.165, 1.54) is 30.0 Å². The molecule has 2 fully saturated rings. The maximum atomic E-state index is 13.4. The Kier molecular flexibility index (Phi) is 4.55. The Bertz CT molecular complexity index is 882. The van der Waals surface area contributed by atoms with Gasteiger partial charge in [-0.25, -0.2) is 12.8 Å². The minimum absolute atomic E-state index is 0.0147. The van der Waals surface area contributed by atoms with Crippen molar-refractivity contribution in [3.05, 3.63) is 29.0 Å². The van der Waals surface area contributed by atoms with Crippen molar-refractivity contribution < 1.29 is 17.6 Å². The van der Waals surface area contributed by atoms with E-state index >= 15 is 0 Å². The standard InChI is InChI=1S/C14H11ClFN3O3S2/c15-9-5-8(1-2-10(9)16)19-11-6-24(21,22)7-12(11)23-14(19)18-13(20)3-4-17/h1-2,5,11-12H,3,6-7H2/t11-,12+/m1/s1. The number of sulfone groups is 1. The molecule has 1 amide bonds. The highest BCUT2D eigenvalue weighted by molar-refractivity contribution is 8.16. The lowest BCUT2D eigenvalue weighted by atomic mass is 10.2. The number of rotatable bonds is 2. The van der Waals surface area contributed by atoms with Crippen molar-refractivity contribution in [3.8, 4) is 6.07 Å². The van der Waals surface area contributed by atoms with E-state index in [2.05, 4.69) is 4.99 Å². The van der Waals surface area contributed by atoms with Gasteiger partial charge in [-0.3, -0.25) is 4.79 Å². The molecule has 2 atom stereocenters. The highest BCUT2D eigenvalue weighted by atomic mass is 35.5. The summed E-state index contributed by atoms with van der Waals surface area (Å²) >= 11 is 7.00. The largest absolute Gasteiger partial charge is 0.316 e.